The van der Waals surface area contributed by atoms with Crippen molar-refractivity contribution in [3.05, 3.63) is 103 Å². The summed E-state index contributed by atoms with van der Waals surface area (Å²) in [6.45, 7) is 0. The van der Waals surface area contributed by atoms with Gasteiger partial charge in [0.25, 0.3) is 0 Å². The van der Waals surface area contributed by atoms with Gasteiger partial charge in [-0.05, 0) is 0 Å². The van der Waals surface area contributed by atoms with E-state index < -0.39 is 0 Å². The average molecular weight is 313 g/mol. The molecule has 3 rings (SSSR count). The Morgan fingerprint density at radius 1 is 0.368 bits per heavy atom. The van der Waals surface area contributed by atoms with E-state index in [4.69, 9.17) is 0 Å². The molecule has 0 heterocycles. The summed E-state index contributed by atoms with van der Waals surface area (Å²) >= 11 is 2.49. The van der Waals surface area contributed by atoms with Gasteiger partial charge in [0, 0.05) is 0 Å². The molecule has 0 atom stereocenters. The van der Waals surface area contributed by atoms with E-state index >= 15 is 0 Å². The fourth-order valence-electron chi connectivity index (χ4n) is 1.20. The van der Waals surface area contributed by atoms with Crippen molar-refractivity contribution in [1.82, 2.24) is 0 Å². The minimum atomic E-state index is 1.26. The molecule has 0 saturated carbocycles. The van der Waals surface area contributed by atoms with Crippen molar-refractivity contribution in [2.45, 2.75) is 0 Å². The monoisotopic (exact) mass is 314 g/mol. The molecule has 19 heavy (non-hydrogen) atoms. The summed E-state index contributed by atoms with van der Waals surface area (Å²) in [4.78, 5) is 0. The van der Waals surface area contributed by atoms with Gasteiger partial charge in [-0.1, -0.05) is 72.8 Å². The van der Waals surface area contributed by atoms with Crippen LogP contribution in [0.25, 0.3) is 0 Å². The summed E-state index contributed by atoms with van der Waals surface area (Å²) < 4.78 is 1.26. The normalized spacial score (nSPS) is 8.26. The summed E-state index contributed by atoms with van der Waals surface area (Å²) in [7, 11) is 0. The van der Waals surface area contributed by atoms with Crippen LogP contribution >= 0.6 is 0 Å². The van der Waals surface area contributed by atoms with Gasteiger partial charge in [-0.15, -0.1) is 0 Å². The Balaban J connectivity index is 0.000000143. The van der Waals surface area contributed by atoms with Gasteiger partial charge in [0.1, 0.15) is 0 Å². The number of rotatable bonds is 0. The van der Waals surface area contributed by atoms with E-state index in [1.165, 1.54) is 4.46 Å². The molecule has 1 heteroatoms. The van der Waals surface area contributed by atoms with Crippen molar-refractivity contribution in [1.29, 1.82) is 0 Å². The first-order valence-corrected chi connectivity index (χ1v) is 7.07. The maximum absolute atomic E-state index is 2.49. The third kappa shape index (κ3) is 9.84. The fraction of sp³-hybridized carbons (Fsp3) is 0. The van der Waals surface area contributed by atoms with Gasteiger partial charge in [0.15, 0.2) is 0 Å². The van der Waals surface area contributed by atoms with Crippen LogP contribution < -0.4 is 4.46 Å². The molecule has 0 amide bonds. The standard InChI is InChI=1S/C6H6Se.2C6H6/c7-6-4-2-1-3-5-6;2*1-2-4-6-5-3-1/h1-5,7H;2*1-6H. The van der Waals surface area contributed by atoms with Crippen molar-refractivity contribution in [3.63, 3.8) is 0 Å². The van der Waals surface area contributed by atoms with E-state index in [0.717, 1.165) is 0 Å². The minimum absolute atomic E-state index is 1.26. The topological polar surface area (TPSA) is 0 Å². The fourth-order valence-corrected chi connectivity index (χ4v) is 1.56. The van der Waals surface area contributed by atoms with Crippen LogP contribution in [0.5, 0.6) is 0 Å². The predicted octanol–water partition coefficient (Wildman–Crippen LogP) is 3.59. The van der Waals surface area contributed by atoms with E-state index in [1.54, 1.807) is 0 Å². The second-order valence-electron chi connectivity index (χ2n) is 3.64. The van der Waals surface area contributed by atoms with E-state index in [9.17, 15) is 0 Å². The maximum atomic E-state index is 2.49. The minimum Gasteiger partial charge on any atom is -0.0623 e. The predicted molar refractivity (Wildman–Crippen MR) is 86.1 cm³/mol. The molecule has 0 aliphatic carbocycles. The molecule has 0 aliphatic heterocycles. The molecule has 0 fully saturated rings. The van der Waals surface area contributed by atoms with Crippen LogP contribution in [0.1, 0.15) is 0 Å². The second kappa shape index (κ2) is 11.3. The van der Waals surface area contributed by atoms with Gasteiger partial charge in [-0.3, -0.25) is 0 Å². The van der Waals surface area contributed by atoms with Crippen LogP contribution in [-0.4, -0.2) is 16.0 Å². The zero-order valence-corrected chi connectivity index (χ0v) is 12.6. The van der Waals surface area contributed by atoms with E-state index in [-0.39, 0.29) is 0 Å². The van der Waals surface area contributed by atoms with Crippen molar-refractivity contribution >= 4 is 20.5 Å². The molecule has 0 unspecified atom stereocenters. The zero-order chi connectivity index (χ0) is 13.6. The molecular formula is C18H18Se. The van der Waals surface area contributed by atoms with Gasteiger partial charge in [0.2, 0.25) is 0 Å². The van der Waals surface area contributed by atoms with Crippen LogP contribution in [0.3, 0.4) is 0 Å². The summed E-state index contributed by atoms with van der Waals surface area (Å²) in [5, 5.41) is 0. The Bertz CT molecular complexity index is 407. The molecule has 0 bridgehead atoms. The second-order valence-corrected chi connectivity index (χ2v) is 4.73. The Morgan fingerprint density at radius 2 is 0.579 bits per heavy atom. The molecule has 96 valence electrons. The number of hydrogen-bond donors (Lipinski definition) is 0. The molecule has 0 N–H and O–H groups in total. The smallest absolute Gasteiger partial charge is 0.0623 e. The third-order valence-corrected chi connectivity index (χ3v) is 2.72. The largest absolute Gasteiger partial charge is 0.0623 e. The van der Waals surface area contributed by atoms with Crippen molar-refractivity contribution in [3.8, 4) is 0 Å². The Morgan fingerprint density at radius 3 is 0.737 bits per heavy atom. The first kappa shape index (κ1) is 15.2. The van der Waals surface area contributed by atoms with Crippen LogP contribution in [0.4, 0.5) is 0 Å². The number of hydrogen-bond acceptors (Lipinski definition) is 0. The van der Waals surface area contributed by atoms with Crippen molar-refractivity contribution in [2.75, 3.05) is 0 Å². The number of benzene rings is 3. The maximum Gasteiger partial charge on any atom is -0.0623 e. The Labute approximate surface area is 123 Å². The van der Waals surface area contributed by atoms with Crippen molar-refractivity contribution in [2.24, 2.45) is 0 Å². The molecule has 0 radical (unpaired) electrons. The Kier molecular flexibility index (Phi) is 9.05. The zero-order valence-electron chi connectivity index (χ0n) is 10.8. The summed E-state index contributed by atoms with van der Waals surface area (Å²) in [6, 6.07) is 34.2. The SMILES string of the molecule is [SeH]c1ccccc1.c1ccccc1.c1ccccc1. The van der Waals surface area contributed by atoms with Gasteiger partial charge in [0.05, 0.1) is 0 Å². The molecular weight excluding hydrogens is 295 g/mol. The molecule has 0 aromatic heterocycles. The van der Waals surface area contributed by atoms with E-state index in [0.29, 0.717) is 0 Å². The third-order valence-electron chi connectivity index (χ3n) is 2.09. The Hall–Kier alpha value is -1.82. The van der Waals surface area contributed by atoms with Gasteiger partial charge < -0.3 is 0 Å². The molecule has 0 nitrogen and oxygen atoms in total. The molecule has 3 aromatic rings. The van der Waals surface area contributed by atoms with Crippen molar-refractivity contribution < 1.29 is 0 Å². The van der Waals surface area contributed by atoms with Gasteiger partial charge in [-0.25, -0.2) is 0 Å². The average Bonchev–Trinajstić information content (AvgIpc) is 2.53. The molecule has 0 spiro atoms. The quantitative estimate of drug-likeness (QED) is 0.557. The molecule has 0 aliphatic rings. The summed E-state index contributed by atoms with van der Waals surface area (Å²) in [5.74, 6) is 0. The van der Waals surface area contributed by atoms with Crippen LogP contribution in [0.15, 0.2) is 103 Å². The van der Waals surface area contributed by atoms with Crippen LogP contribution in [0.2, 0.25) is 0 Å². The molecule has 0 saturated heterocycles. The summed E-state index contributed by atoms with van der Waals surface area (Å²) in [5.41, 5.74) is 0. The first-order valence-electron chi connectivity index (χ1n) is 6.13. The van der Waals surface area contributed by atoms with Gasteiger partial charge in [-0.2, -0.15) is 0 Å². The first-order chi connectivity index (χ1) is 9.39. The van der Waals surface area contributed by atoms with Crippen LogP contribution in [-0.2, 0) is 0 Å². The summed E-state index contributed by atoms with van der Waals surface area (Å²) in [6.07, 6.45) is 0. The van der Waals surface area contributed by atoms with Crippen LogP contribution in [0, 0.1) is 0 Å². The molecule has 3 aromatic carbocycles. The van der Waals surface area contributed by atoms with Gasteiger partial charge >= 0.3 is 50.8 Å². The van der Waals surface area contributed by atoms with E-state index in [1.807, 2.05) is 91.0 Å². The van der Waals surface area contributed by atoms with E-state index in [2.05, 4.69) is 28.1 Å².